The van der Waals surface area contributed by atoms with Crippen molar-refractivity contribution in [1.82, 2.24) is 15.1 Å². The highest BCUT2D eigenvalue weighted by Gasteiger charge is 2.41. The van der Waals surface area contributed by atoms with Gasteiger partial charge in [0, 0.05) is 38.5 Å². The maximum Gasteiger partial charge on any atom is 0.193 e. The smallest absolute Gasteiger partial charge is 0.193 e. The van der Waals surface area contributed by atoms with Gasteiger partial charge in [-0.1, -0.05) is 30.3 Å². The molecule has 3 fully saturated rings. The van der Waals surface area contributed by atoms with Crippen molar-refractivity contribution in [1.29, 1.82) is 0 Å². The van der Waals surface area contributed by atoms with Crippen molar-refractivity contribution in [3.05, 3.63) is 35.9 Å². The van der Waals surface area contributed by atoms with Crippen LogP contribution in [0.5, 0.6) is 0 Å². The third-order valence-corrected chi connectivity index (χ3v) is 7.81. The zero-order valence-electron chi connectivity index (χ0n) is 17.8. The van der Waals surface area contributed by atoms with E-state index in [1.54, 1.807) is 0 Å². The highest BCUT2D eigenvalue weighted by molar-refractivity contribution is 7.99. The number of nitrogens with zero attached hydrogens (tertiary/aromatic N) is 3. The lowest BCUT2D eigenvalue weighted by Crippen LogP contribution is -2.56. The van der Waals surface area contributed by atoms with Crippen LogP contribution in [0, 0.1) is 5.92 Å². The summed E-state index contributed by atoms with van der Waals surface area (Å²) in [6.07, 6.45) is 3.67. The van der Waals surface area contributed by atoms with Crippen molar-refractivity contribution in [3.63, 3.8) is 0 Å². The summed E-state index contributed by atoms with van der Waals surface area (Å²) in [6, 6.07) is 10.9. The molecule has 2 atom stereocenters. The van der Waals surface area contributed by atoms with Crippen LogP contribution in [-0.2, 0) is 11.2 Å². The highest BCUT2D eigenvalue weighted by atomic mass is 32.2. The Hall–Kier alpha value is -1.24. The summed E-state index contributed by atoms with van der Waals surface area (Å²) in [6.45, 7) is 10.1. The molecule has 29 heavy (non-hydrogen) atoms. The van der Waals surface area contributed by atoms with E-state index < -0.39 is 0 Å². The van der Waals surface area contributed by atoms with Crippen molar-refractivity contribution in [2.75, 3.05) is 64.0 Å². The standard InChI is InChI=1S/C23H36N4OS/c1-2-24-22(26-10-8-21(17-26)16-20-6-4-3-5-7-20)25-18-23(9-15-29-19-23)27-11-13-28-14-12-27/h3-7,21H,2,8-19H2,1H3,(H,24,25). The molecule has 5 nitrogen and oxygen atoms in total. The molecule has 3 heterocycles. The number of nitrogens with one attached hydrogen (secondary N) is 1. The molecule has 6 heteroatoms. The molecular weight excluding hydrogens is 380 g/mol. The number of morpholine rings is 1. The van der Waals surface area contributed by atoms with E-state index in [1.165, 1.54) is 36.3 Å². The number of benzene rings is 1. The lowest BCUT2D eigenvalue weighted by molar-refractivity contribution is -0.0105. The zero-order chi connectivity index (χ0) is 19.9. The monoisotopic (exact) mass is 416 g/mol. The molecule has 1 aromatic carbocycles. The minimum atomic E-state index is 0.221. The summed E-state index contributed by atoms with van der Waals surface area (Å²) >= 11 is 2.09. The van der Waals surface area contributed by atoms with Gasteiger partial charge < -0.3 is 15.0 Å². The van der Waals surface area contributed by atoms with E-state index in [-0.39, 0.29) is 5.54 Å². The van der Waals surface area contributed by atoms with Gasteiger partial charge in [-0.3, -0.25) is 9.89 Å². The molecule has 4 rings (SSSR count). The van der Waals surface area contributed by atoms with Crippen LogP contribution in [0.1, 0.15) is 25.3 Å². The number of guanidine groups is 1. The van der Waals surface area contributed by atoms with Gasteiger partial charge in [0.05, 0.1) is 25.3 Å². The second kappa shape index (κ2) is 10.2. The fraction of sp³-hybridized carbons (Fsp3) is 0.696. The lowest BCUT2D eigenvalue weighted by atomic mass is 9.96. The van der Waals surface area contributed by atoms with Gasteiger partial charge in [0.15, 0.2) is 5.96 Å². The second-order valence-electron chi connectivity index (χ2n) is 8.59. The Labute approximate surface area is 180 Å². The van der Waals surface area contributed by atoms with Crippen molar-refractivity contribution in [2.45, 2.75) is 31.7 Å². The molecule has 160 valence electrons. The van der Waals surface area contributed by atoms with E-state index in [9.17, 15) is 0 Å². The summed E-state index contributed by atoms with van der Waals surface area (Å²) < 4.78 is 5.61. The number of rotatable bonds is 6. The van der Waals surface area contributed by atoms with Gasteiger partial charge in [-0.25, -0.2) is 0 Å². The first kappa shape index (κ1) is 21.0. The van der Waals surface area contributed by atoms with Gasteiger partial charge in [0.25, 0.3) is 0 Å². The van der Waals surface area contributed by atoms with Crippen molar-refractivity contribution < 1.29 is 4.74 Å². The minimum absolute atomic E-state index is 0.221. The van der Waals surface area contributed by atoms with Crippen molar-refractivity contribution >= 4 is 17.7 Å². The second-order valence-corrected chi connectivity index (χ2v) is 9.69. The first-order valence-electron chi connectivity index (χ1n) is 11.3. The number of thioether (sulfide) groups is 1. The van der Waals surface area contributed by atoms with Gasteiger partial charge in [-0.15, -0.1) is 0 Å². The summed E-state index contributed by atoms with van der Waals surface area (Å²) in [5.74, 6) is 4.29. The molecule has 0 bridgehead atoms. The maximum absolute atomic E-state index is 5.61. The molecule has 3 saturated heterocycles. The van der Waals surface area contributed by atoms with E-state index in [2.05, 4.69) is 64.1 Å². The third-order valence-electron chi connectivity index (χ3n) is 6.58. The van der Waals surface area contributed by atoms with Gasteiger partial charge >= 0.3 is 0 Å². The van der Waals surface area contributed by atoms with Crippen LogP contribution in [0.2, 0.25) is 0 Å². The van der Waals surface area contributed by atoms with Crippen molar-refractivity contribution in [3.8, 4) is 0 Å². The molecule has 0 aromatic heterocycles. The molecule has 0 saturated carbocycles. The van der Waals surface area contributed by atoms with Crippen LogP contribution in [0.4, 0.5) is 0 Å². The largest absolute Gasteiger partial charge is 0.379 e. The number of likely N-dealkylation sites (tertiary alicyclic amines) is 1. The molecule has 0 radical (unpaired) electrons. The van der Waals surface area contributed by atoms with E-state index >= 15 is 0 Å². The van der Waals surface area contributed by atoms with Crippen LogP contribution in [0.3, 0.4) is 0 Å². The average molecular weight is 417 g/mol. The minimum Gasteiger partial charge on any atom is -0.379 e. The summed E-state index contributed by atoms with van der Waals surface area (Å²) in [7, 11) is 0. The van der Waals surface area contributed by atoms with Crippen LogP contribution < -0.4 is 5.32 Å². The summed E-state index contributed by atoms with van der Waals surface area (Å²) in [5.41, 5.74) is 1.67. The normalized spacial score (nSPS) is 28.8. The Balaban J connectivity index is 1.40. The Kier molecular flexibility index (Phi) is 7.38. The Morgan fingerprint density at radius 2 is 2.07 bits per heavy atom. The van der Waals surface area contributed by atoms with Gasteiger partial charge in [0.1, 0.15) is 0 Å². The van der Waals surface area contributed by atoms with Gasteiger partial charge in [-0.05, 0) is 43.4 Å². The molecule has 2 unspecified atom stereocenters. The predicted octanol–water partition coefficient (Wildman–Crippen LogP) is 2.72. The molecule has 3 aliphatic heterocycles. The lowest BCUT2D eigenvalue weighted by Gasteiger charge is -2.42. The van der Waals surface area contributed by atoms with Gasteiger partial charge in [-0.2, -0.15) is 11.8 Å². The number of aliphatic imine (C=N–C) groups is 1. The van der Waals surface area contributed by atoms with E-state index in [0.717, 1.165) is 64.4 Å². The average Bonchev–Trinajstić information content (AvgIpc) is 3.43. The van der Waals surface area contributed by atoms with Crippen molar-refractivity contribution in [2.24, 2.45) is 10.9 Å². The molecule has 0 spiro atoms. The first-order valence-corrected chi connectivity index (χ1v) is 12.4. The number of hydrogen-bond acceptors (Lipinski definition) is 4. The topological polar surface area (TPSA) is 40.1 Å². The molecule has 0 aliphatic carbocycles. The van der Waals surface area contributed by atoms with E-state index in [1.807, 2.05) is 0 Å². The SMILES string of the molecule is CCNC(=NCC1(N2CCOCC2)CCSC1)N1CCC(Cc2ccccc2)C1. The molecule has 3 aliphatic rings. The van der Waals surface area contributed by atoms with Crippen LogP contribution in [0.25, 0.3) is 0 Å². The number of ether oxygens (including phenoxy) is 1. The first-order chi connectivity index (χ1) is 14.3. The Morgan fingerprint density at radius 3 is 2.79 bits per heavy atom. The fourth-order valence-electron chi connectivity index (χ4n) is 4.90. The Bertz CT molecular complexity index is 656. The molecular formula is C23H36N4OS. The van der Waals surface area contributed by atoms with Gasteiger partial charge in [0.2, 0.25) is 0 Å². The summed E-state index contributed by atoms with van der Waals surface area (Å²) in [4.78, 5) is 10.4. The highest BCUT2D eigenvalue weighted by Crippen LogP contribution is 2.34. The molecule has 0 amide bonds. The van der Waals surface area contributed by atoms with Crippen LogP contribution in [-0.4, -0.2) is 85.3 Å². The van der Waals surface area contributed by atoms with Crippen LogP contribution in [0.15, 0.2) is 35.3 Å². The van der Waals surface area contributed by atoms with E-state index in [4.69, 9.17) is 9.73 Å². The zero-order valence-corrected chi connectivity index (χ0v) is 18.6. The molecule has 1 N–H and O–H groups in total. The fourth-order valence-corrected chi connectivity index (χ4v) is 6.36. The van der Waals surface area contributed by atoms with E-state index in [0.29, 0.717) is 0 Å². The maximum atomic E-state index is 5.61. The summed E-state index contributed by atoms with van der Waals surface area (Å²) in [5, 5.41) is 3.58. The molecule has 1 aromatic rings. The quantitative estimate of drug-likeness (QED) is 0.570. The number of hydrogen-bond donors (Lipinski definition) is 1. The van der Waals surface area contributed by atoms with Crippen LogP contribution >= 0.6 is 11.8 Å². The third kappa shape index (κ3) is 5.28. The predicted molar refractivity (Wildman–Crippen MR) is 123 cm³/mol. The Morgan fingerprint density at radius 1 is 1.24 bits per heavy atom.